The van der Waals surface area contributed by atoms with Gasteiger partial charge in [0.2, 0.25) is 0 Å². The number of halogens is 3. The smallest absolute Gasteiger partial charge is 0.496 e. The van der Waals surface area contributed by atoms with Crippen molar-refractivity contribution in [1.82, 2.24) is 5.43 Å². The average Bonchev–Trinajstić information content (AvgIpc) is 2.61. The normalized spacial score (nSPS) is 11.3. The Hall–Kier alpha value is -3.23. The molecule has 0 saturated carbocycles. The summed E-state index contributed by atoms with van der Waals surface area (Å²) < 4.78 is 51.7. The summed E-state index contributed by atoms with van der Waals surface area (Å²) in [4.78, 5) is 12.1. The first-order chi connectivity index (χ1) is 12.8. The molecule has 0 spiro atoms. The van der Waals surface area contributed by atoms with Crippen LogP contribution in [0.3, 0.4) is 0 Å². The molecule has 0 heterocycles. The summed E-state index contributed by atoms with van der Waals surface area (Å²) in [6, 6.07) is 8.35. The fraction of sp³-hybridized carbons (Fsp3) is 0.222. The highest BCUT2D eigenvalue weighted by Crippen LogP contribution is 2.30. The van der Waals surface area contributed by atoms with Gasteiger partial charge < -0.3 is 14.2 Å². The summed E-state index contributed by atoms with van der Waals surface area (Å²) in [6.45, 7) is 1.79. The van der Waals surface area contributed by atoms with Gasteiger partial charge in [-0.25, -0.2) is 5.43 Å². The van der Waals surface area contributed by atoms with E-state index in [1.807, 2.05) is 0 Å². The highest BCUT2D eigenvalue weighted by molar-refractivity contribution is 5.97. The Morgan fingerprint density at radius 1 is 1.07 bits per heavy atom. The van der Waals surface area contributed by atoms with E-state index in [0.717, 1.165) is 11.6 Å². The predicted molar refractivity (Wildman–Crippen MR) is 92.5 cm³/mol. The third kappa shape index (κ3) is 5.13. The van der Waals surface area contributed by atoms with Crippen LogP contribution in [0, 0.1) is 6.92 Å². The number of carbonyl (C=O) groups excluding carboxylic acids is 1. The molecular formula is C18H17F3N2O4. The SMILES string of the molecule is COc1ccc(/C=N/NC(=O)c2ccccc2OC(F)(F)F)c(OC)c1C. The fourth-order valence-electron chi connectivity index (χ4n) is 2.38. The summed E-state index contributed by atoms with van der Waals surface area (Å²) in [5, 5.41) is 3.78. The predicted octanol–water partition coefficient (Wildman–Crippen LogP) is 3.67. The Morgan fingerprint density at radius 3 is 2.41 bits per heavy atom. The van der Waals surface area contributed by atoms with Crippen LogP contribution in [-0.4, -0.2) is 32.7 Å². The van der Waals surface area contributed by atoms with E-state index < -0.39 is 18.0 Å². The Labute approximate surface area is 153 Å². The number of hydrogen-bond acceptors (Lipinski definition) is 5. The Bertz CT molecular complexity index is 851. The molecule has 0 fully saturated rings. The lowest BCUT2D eigenvalue weighted by atomic mass is 10.1. The molecule has 9 heteroatoms. The van der Waals surface area contributed by atoms with E-state index in [1.54, 1.807) is 19.1 Å². The summed E-state index contributed by atoms with van der Waals surface area (Å²) in [5.74, 6) is -0.356. The van der Waals surface area contributed by atoms with Crippen molar-refractivity contribution in [3.63, 3.8) is 0 Å². The molecule has 0 aromatic heterocycles. The maximum atomic E-state index is 12.4. The fourth-order valence-corrected chi connectivity index (χ4v) is 2.38. The minimum Gasteiger partial charge on any atom is -0.496 e. The highest BCUT2D eigenvalue weighted by Gasteiger charge is 2.32. The minimum atomic E-state index is -4.91. The summed E-state index contributed by atoms with van der Waals surface area (Å²) in [5.41, 5.74) is 3.16. The van der Waals surface area contributed by atoms with Gasteiger partial charge in [-0.15, -0.1) is 13.2 Å². The number of hydrazone groups is 1. The van der Waals surface area contributed by atoms with Crippen LogP contribution < -0.4 is 19.6 Å². The first kappa shape index (κ1) is 20.1. The lowest BCUT2D eigenvalue weighted by Crippen LogP contribution is -2.22. The lowest BCUT2D eigenvalue weighted by Gasteiger charge is -2.12. The van der Waals surface area contributed by atoms with Crippen LogP contribution in [0.5, 0.6) is 17.2 Å². The average molecular weight is 382 g/mol. The van der Waals surface area contributed by atoms with E-state index in [4.69, 9.17) is 9.47 Å². The van der Waals surface area contributed by atoms with Gasteiger partial charge in [-0.2, -0.15) is 5.10 Å². The second-order valence-electron chi connectivity index (χ2n) is 5.26. The number of hydrogen-bond donors (Lipinski definition) is 1. The molecule has 1 N–H and O–H groups in total. The molecule has 2 aromatic rings. The third-order valence-corrected chi connectivity index (χ3v) is 3.54. The molecule has 0 bridgehead atoms. The molecule has 0 atom stereocenters. The number of nitrogens with one attached hydrogen (secondary N) is 1. The van der Waals surface area contributed by atoms with Crippen molar-refractivity contribution in [2.75, 3.05) is 14.2 Å². The molecular weight excluding hydrogens is 365 g/mol. The maximum absolute atomic E-state index is 12.4. The van der Waals surface area contributed by atoms with Gasteiger partial charge in [0, 0.05) is 11.1 Å². The number of methoxy groups -OCH3 is 2. The van der Waals surface area contributed by atoms with E-state index in [2.05, 4.69) is 15.3 Å². The van der Waals surface area contributed by atoms with Crippen molar-refractivity contribution in [1.29, 1.82) is 0 Å². The molecule has 0 radical (unpaired) electrons. The Kier molecular flexibility index (Phi) is 6.27. The molecule has 0 aliphatic carbocycles. The van der Waals surface area contributed by atoms with Crippen molar-refractivity contribution >= 4 is 12.1 Å². The zero-order chi connectivity index (χ0) is 20.0. The maximum Gasteiger partial charge on any atom is 0.573 e. The molecule has 0 saturated heterocycles. The van der Waals surface area contributed by atoms with Crippen LogP contribution in [0.25, 0.3) is 0 Å². The number of para-hydroxylation sites is 1. The van der Waals surface area contributed by atoms with Gasteiger partial charge in [0.1, 0.15) is 17.2 Å². The van der Waals surface area contributed by atoms with E-state index in [-0.39, 0.29) is 5.56 Å². The number of rotatable bonds is 6. The Morgan fingerprint density at radius 2 is 1.78 bits per heavy atom. The molecule has 0 aliphatic heterocycles. The molecule has 144 valence electrons. The van der Waals surface area contributed by atoms with Gasteiger partial charge in [0.25, 0.3) is 5.91 Å². The van der Waals surface area contributed by atoms with Crippen LogP contribution >= 0.6 is 0 Å². The number of carbonyl (C=O) groups is 1. The van der Waals surface area contributed by atoms with Crippen LogP contribution in [0.2, 0.25) is 0 Å². The van der Waals surface area contributed by atoms with Crippen molar-refractivity contribution in [2.45, 2.75) is 13.3 Å². The second kappa shape index (κ2) is 8.43. The van der Waals surface area contributed by atoms with Gasteiger partial charge in [-0.05, 0) is 31.2 Å². The zero-order valence-electron chi connectivity index (χ0n) is 14.8. The molecule has 2 aromatic carbocycles. The number of nitrogens with zero attached hydrogens (tertiary/aromatic N) is 1. The Balaban J connectivity index is 2.18. The first-order valence-corrected chi connectivity index (χ1v) is 7.66. The molecule has 0 unspecified atom stereocenters. The topological polar surface area (TPSA) is 69.2 Å². The van der Waals surface area contributed by atoms with E-state index >= 15 is 0 Å². The van der Waals surface area contributed by atoms with Crippen molar-refractivity contribution in [3.8, 4) is 17.2 Å². The second-order valence-corrected chi connectivity index (χ2v) is 5.26. The quantitative estimate of drug-likeness (QED) is 0.611. The van der Waals surface area contributed by atoms with Crippen molar-refractivity contribution in [3.05, 3.63) is 53.1 Å². The largest absolute Gasteiger partial charge is 0.573 e. The van der Waals surface area contributed by atoms with Crippen LogP contribution in [0.4, 0.5) is 13.2 Å². The number of alkyl halides is 3. The zero-order valence-corrected chi connectivity index (χ0v) is 14.8. The van der Waals surface area contributed by atoms with Gasteiger partial charge in [0.05, 0.1) is 26.0 Å². The van der Waals surface area contributed by atoms with Gasteiger partial charge >= 0.3 is 6.36 Å². The molecule has 27 heavy (non-hydrogen) atoms. The molecule has 2 rings (SSSR count). The van der Waals surface area contributed by atoms with E-state index in [1.165, 1.54) is 38.6 Å². The number of amides is 1. The van der Waals surface area contributed by atoms with E-state index in [0.29, 0.717) is 17.1 Å². The van der Waals surface area contributed by atoms with Crippen molar-refractivity contribution < 1.29 is 32.2 Å². The number of ether oxygens (including phenoxy) is 3. The molecule has 1 amide bonds. The summed E-state index contributed by atoms with van der Waals surface area (Å²) >= 11 is 0. The molecule has 6 nitrogen and oxygen atoms in total. The van der Waals surface area contributed by atoms with Crippen LogP contribution in [-0.2, 0) is 0 Å². The summed E-state index contributed by atoms with van der Waals surface area (Å²) in [6.07, 6.45) is -3.59. The van der Waals surface area contributed by atoms with E-state index in [9.17, 15) is 18.0 Å². The van der Waals surface area contributed by atoms with Gasteiger partial charge in [-0.3, -0.25) is 4.79 Å². The first-order valence-electron chi connectivity index (χ1n) is 7.66. The number of benzene rings is 2. The standard InChI is InChI=1S/C18H17F3N2O4/c1-11-14(25-2)9-8-12(16(11)26-3)10-22-23-17(24)13-6-4-5-7-15(13)27-18(19,20)21/h4-10H,1-3H3,(H,23,24)/b22-10+. The van der Waals surface area contributed by atoms with Crippen molar-refractivity contribution in [2.24, 2.45) is 5.10 Å². The highest BCUT2D eigenvalue weighted by atomic mass is 19.4. The van der Waals surface area contributed by atoms with Crippen LogP contribution in [0.1, 0.15) is 21.5 Å². The minimum absolute atomic E-state index is 0.301. The molecule has 0 aliphatic rings. The lowest BCUT2D eigenvalue weighted by molar-refractivity contribution is -0.274. The summed E-state index contributed by atoms with van der Waals surface area (Å²) in [7, 11) is 3.00. The monoisotopic (exact) mass is 382 g/mol. The van der Waals surface area contributed by atoms with Gasteiger partial charge in [-0.1, -0.05) is 12.1 Å². The van der Waals surface area contributed by atoms with Gasteiger partial charge in [0.15, 0.2) is 0 Å². The third-order valence-electron chi connectivity index (χ3n) is 3.54. The van der Waals surface area contributed by atoms with Crippen LogP contribution in [0.15, 0.2) is 41.5 Å².